The lowest BCUT2D eigenvalue weighted by Crippen LogP contribution is -2.51. The lowest BCUT2D eigenvalue weighted by molar-refractivity contribution is -0.173. The molecule has 6 nitrogen and oxygen atoms in total. The van der Waals surface area contributed by atoms with E-state index in [0.29, 0.717) is 17.8 Å². The van der Waals surface area contributed by atoms with Gasteiger partial charge in [-0.15, -0.1) is 0 Å². The highest BCUT2D eigenvalue weighted by molar-refractivity contribution is 6.02. The Morgan fingerprint density at radius 1 is 1.04 bits per heavy atom. The number of carbonyl (C=O) groups is 3. The van der Waals surface area contributed by atoms with Gasteiger partial charge in [0.05, 0.1) is 11.1 Å². The topological polar surface area (TPSA) is 84.5 Å². The van der Waals surface area contributed by atoms with Gasteiger partial charge in [-0.1, -0.05) is 12.1 Å². The predicted octanol–water partition coefficient (Wildman–Crippen LogP) is 3.23. The summed E-state index contributed by atoms with van der Waals surface area (Å²) in [5.41, 5.74) is -0.474. The molecule has 1 aromatic carbocycles. The Morgan fingerprint density at radius 2 is 1.63 bits per heavy atom. The standard InChI is InChI=1S/C20H23FN2O4/c21-15-3-1-2-4-16(15)22-19(26)23-17(24)11-27-18(25)20-8-12-5-13(9-20)7-14(6-12)10-20/h1-4,12-14H,5-11H2,(H2,22,23,24,26). The third-order valence-corrected chi connectivity index (χ3v) is 6.18. The number of para-hydroxylation sites is 1. The van der Waals surface area contributed by atoms with Crippen LogP contribution >= 0.6 is 0 Å². The van der Waals surface area contributed by atoms with Crippen LogP contribution < -0.4 is 10.6 Å². The molecule has 0 aliphatic heterocycles. The molecule has 0 heterocycles. The number of nitrogens with one attached hydrogen (secondary N) is 2. The summed E-state index contributed by atoms with van der Waals surface area (Å²) in [4.78, 5) is 36.4. The highest BCUT2D eigenvalue weighted by atomic mass is 19.1. The first kappa shape index (κ1) is 17.9. The van der Waals surface area contributed by atoms with Gasteiger partial charge in [-0.3, -0.25) is 14.9 Å². The summed E-state index contributed by atoms with van der Waals surface area (Å²) in [6.07, 6.45) is 6.20. The van der Waals surface area contributed by atoms with E-state index in [0.717, 1.165) is 19.3 Å². The summed E-state index contributed by atoms with van der Waals surface area (Å²) in [5, 5.41) is 4.30. The molecule has 1 aromatic rings. The number of carbonyl (C=O) groups excluding carboxylic acids is 3. The first-order valence-corrected chi connectivity index (χ1v) is 9.46. The van der Waals surface area contributed by atoms with Crippen molar-refractivity contribution in [1.82, 2.24) is 5.32 Å². The van der Waals surface area contributed by atoms with E-state index in [1.54, 1.807) is 6.07 Å². The molecule has 0 spiro atoms. The molecule has 4 aliphatic carbocycles. The summed E-state index contributed by atoms with van der Waals surface area (Å²) in [6, 6.07) is 4.77. The van der Waals surface area contributed by atoms with Gasteiger partial charge in [0.25, 0.3) is 5.91 Å². The quantitative estimate of drug-likeness (QED) is 0.793. The minimum absolute atomic E-state index is 0.0339. The molecular formula is C20H23FN2O4. The lowest BCUT2D eigenvalue weighted by Gasteiger charge is -2.55. The third-order valence-electron chi connectivity index (χ3n) is 6.18. The Labute approximate surface area is 156 Å². The van der Waals surface area contributed by atoms with E-state index in [9.17, 15) is 18.8 Å². The van der Waals surface area contributed by atoms with Gasteiger partial charge in [0.15, 0.2) is 6.61 Å². The zero-order valence-electron chi connectivity index (χ0n) is 15.0. The smallest absolute Gasteiger partial charge is 0.326 e. The van der Waals surface area contributed by atoms with Gasteiger partial charge >= 0.3 is 12.0 Å². The lowest BCUT2D eigenvalue weighted by atomic mass is 9.49. The number of imide groups is 1. The average Bonchev–Trinajstić information content (AvgIpc) is 2.60. The molecular weight excluding hydrogens is 351 g/mol. The van der Waals surface area contributed by atoms with Gasteiger partial charge in [0, 0.05) is 0 Å². The van der Waals surface area contributed by atoms with E-state index in [1.165, 1.54) is 37.5 Å². The number of esters is 1. The molecule has 7 heteroatoms. The maximum Gasteiger partial charge on any atom is 0.326 e. The predicted molar refractivity (Wildman–Crippen MR) is 95.1 cm³/mol. The number of amides is 3. The van der Waals surface area contributed by atoms with Gasteiger partial charge in [-0.25, -0.2) is 9.18 Å². The van der Waals surface area contributed by atoms with Crippen molar-refractivity contribution in [3.05, 3.63) is 30.1 Å². The molecule has 4 fully saturated rings. The summed E-state index contributed by atoms with van der Waals surface area (Å²) < 4.78 is 18.8. The van der Waals surface area contributed by atoms with Crippen LogP contribution in [0.5, 0.6) is 0 Å². The van der Waals surface area contributed by atoms with Crippen molar-refractivity contribution >= 4 is 23.6 Å². The first-order chi connectivity index (χ1) is 12.9. The van der Waals surface area contributed by atoms with Crippen LogP contribution in [-0.4, -0.2) is 24.5 Å². The number of urea groups is 1. The van der Waals surface area contributed by atoms with Crippen LogP contribution in [0, 0.1) is 29.0 Å². The van der Waals surface area contributed by atoms with Crippen LogP contribution in [0.2, 0.25) is 0 Å². The Hall–Kier alpha value is -2.44. The van der Waals surface area contributed by atoms with E-state index in [2.05, 4.69) is 10.6 Å². The van der Waals surface area contributed by atoms with E-state index in [4.69, 9.17) is 4.74 Å². The fourth-order valence-corrected chi connectivity index (χ4v) is 5.52. The van der Waals surface area contributed by atoms with Gasteiger partial charge in [-0.2, -0.15) is 0 Å². The Morgan fingerprint density at radius 3 is 2.22 bits per heavy atom. The molecule has 2 N–H and O–H groups in total. The average molecular weight is 374 g/mol. The molecule has 0 saturated heterocycles. The fourth-order valence-electron chi connectivity index (χ4n) is 5.52. The van der Waals surface area contributed by atoms with E-state index >= 15 is 0 Å². The summed E-state index contributed by atoms with van der Waals surface area (Å²) in [7, 11) is 0. The molecule has 0 unspecified atom stereocenters. The number of rotatable bonds is 4. The third kappa shape index (κ3) is 3.68. The van der Waals surface area contributed by atoms with Crippen molar-refractivity contribution in [3.8, 4) is 0 Å². The van der Waals surface area contributed by atoms with Gasteiger partial charge in [-0.05, 0) is 68.4 Å². The second-order valence-corrected chi connectivity index (χ2v) is 8.26. The normalized spacial score (nSPS) is 30.6. The van der Waals surface area contributed by atoms with Crippen molar-refractivity contribution in [2.45, 2.75) is 38.5 Å². The number of benzene rings is 1. The van der Waals surface area contributed by atoms with Crippen LogP contribution in [0.15, 0.2) is 24.3 Å². The van der Waals surface area contributed by atoms with Crippen LogP contribution in [0.3, 0.4) is 0 Å². The second kappa shape index (κ2) is 6.94. The summed E-state index contributed by atoms with van der Waals surface area (Å²) in [6.45, 7) is -0.509. The molecule has 4 aliphatic rings. The first-order valence-electron chi connectivity index (χ1n) is 9.46. The molecule has 0 radical (unpaired) electrons. The Bertz CT molecular complexity index is 744. The highest BCUT2D eigenvalue weighted by Gasteiger charge is 2.55. The minimum Gasteiger partial charge on any atom is -0.455 e. The zero-order valence-corrected chi connectivity index (χ0v) is 15.0. The number of anilines is 1. The van der Waals surface area contributed by atoms with Crippen molar-refractivity contribution in [3.63, 3.8) is 0 Å². The van der Waals surface area contributed by atoms with Crippen molar-refractivity contribution in [2.24, 2.45) is 23.2 Å². The molecule has 4 bridgehead atoms. The van der Waals surface area contributed by atoms with Crippen molar-refractivity contribution < 1.29 is 23.5 Å². The summed E-state index contributed by atoms with van der Waals surface area (Å²) in [5.74, 6) is 0.152. The van der Waals surface area contributed by atoms with Crippen molar-refractivity contribution in [2.75, 3.05) is 11.9 Å². The monoisotopic (exact) mass is 374 g/mol. The summed E-state index contributed by atoms with van der Waals surface area (Å²) >= 11 is 0. The van der Waals surface area contributed by atoms with E-state index < -0.39 is 29.8 Å². The van der Waals surface area contributed by atoms with Crippen LogP contribution in [0.1, 0.15) is 38.5 Å². The molecule has 4 saturated carbocycles. The zero-order chi connectivity index (χ0) is 19.0. The maximum absolute atomic E-state index is 13.5. The largest absolute Gasteiger partial charge is 0.455 e. The molecule has 0 aromatic heterocycles. The van der Waals surface area contributed by atoms with Crippen LogP contribution in [-0.2, 0) is 14.3 Å². The Balaban J connectivity index is 1.27. The van der Waals surface area contributed by atoms with Gasteiger partial charge in [0.2, 0.25) is 0 Å². The Kier molecular flexibility index (Phi) is 4.61. The van der Waals surface area contributed by atoms with E-state index in [-0.39, 0.29) is 11.7 Å². The number of ether oxygens (including phenoxy) is 1. The molecule has 144 valence electrons. The second-order valence-electron chi connectivity index (χ2n) is 8.26. The van der Waals surface area contributed by atoms with Gasteiger partial charge in [0.1, 0.15) is 5.82 Å². The number of hydrogen-bond donors (Lipinski definition) is 2. The molecule has 5 rings (SSSR count). The maximum atomic E-state index is 13.5. The molecule has 0 atom stereocenters. The van der Waals surface area contributed by atoms with Gasteiger partial charge < -0.3 is 10.1 Å². The number of hydrogen-bond acceptors (Lipinski definition) is 4. The van der Waals surface area contributed by atoms with Crippen molar-refractivity contribution in [1.29, 1.82) is 0 Å². The van der Waals surface area contributed by atoms with E-state index in [1.807, 2.05) is 0 Å². The molecule has 3 amide bonds. The minimum atomic E-state index is -0.865. The fraction of sp³-hybridized carbons (Fsp3) is 0.550. The van der Waals surface area contributed by atoms with Crippen LogP contribution in [0.25, 0.3) is 0 Å². The number of halogens is 1. The van der Waals surface area contributed by atoms with Crippen LogP contribution in [0.4, 0.5) is 14.9 Å². The molecule has 27 heavy (non-hydrogen) atoms. The SMILES string of the molecule is O=C(COC(=O)C12CC3CC(CC(C3)C1)C2)NC(=O)Nc1ccccc1F. The highest BCUT2D eigenvalue weighted by Crippen LogP contribution is 2.60.